The molecule has 0 fully saturated rings. The summed E-state index contributed by atoms with van der Waals surface area (Å²) in [5.74, 6) is 1.71. The van der Waals surface area contributed by atoms with E-state index < -0.39 is 5.97 Å². The summed E-state index contributed by atoms with van der Waals surface area (Å²) in [6, 6.07) is 8.98. The molecule has 0 spiro atoms. The zero-order valence-electron chi connectivity index (χ0n) is 15.8. The number of benzene rings is 2. The van der Waals surface area contributed by atoms with Crippen LogP contribution in [0.3, 0.4) is 0 Å². The van der Waals surface area contributed by atoms with Gasteiger partial charge in [-0.3, -0.25) is 0 Å². The highest BCUT2D eigenvalue weighted by atomic mass is 16.5. The molecule has 27 heavy (non-hydrogen) atoms. The molecule has 0 saturated carbocycles. The van der Waals surface area contributed by atoms with Crippen LogP contribution in [-0.4, -0.2) is 46.5 Å². The molecule has 0 amide bonds. The van der Waals surface area contributed by atoms with Crippen LogP contribution >= 0.6 is 0 Å². The summed E-state index contributed by atoms with van der Waals surface area (Å²) in [5, 5.41) is 0.910. The van der Waals surface area contributed by atoms with Crippen molar-refractivity contribution < 1.29 is 28.5 Å². The van der Waals surface area contributed by atoms with Crippen LogP contribution < -0.4 is 18.9 Å². The Kier molecular flexibility index (Phi) is 5.12. The molecule has 3 aromatic rings. The Morgan fingerprint density at radius 2 is 1.30 bits per heavy atom. The minimum atomic E-state index is -0.472. The van der Waals surface area contributed by atoms with Crippen molar-refractivity contribution in [2.24, 2.45) is 0 Å². The van der Waals surface area contributed by atoms with Crippen LogP contribution in [-0.2, 0) is 4.74 Å². The van der Waals surface area contributed by atoms with Gasteiger partial charge in [0.2, 0.25) is 0 Å². The van der Waals surface area contributed by atoms with Gasteiger partial charge in [0.15, 0.2) is 23.0 Å². The third kappa shape index (κ3) is 3.23. The van der Waals surface area contributed by atoms with E-state index in [-0.39, 0.29) is 0 Å². The highest BCUT2D eigenvalue weighted by Crippen LogP contribution is 2.39. The van der Waals surface area contributed by atoms with Crippen molar-refractivity contribution in [3.8, 4) is 34.3 Å². The summed E-state index contributed by atoms with van der Waals surface area (Å²) in [6.07, 6.45) is 0. The first kappa shape index (κ1) is 18.4. The molecule has 0 saturated heterocycles. The molecule has 0 radical (unpaired) electrons. The van der Waals surface area contributed by atoms with Crippen LogP contribution in [0, 0.1) is 0 Å². The van der Waals surface area contributed by atoms with Crippen LogP contribution in [0.4, 0.5) is 0 Å². The first-order chi connectivity index (χ1) is 13.1. The number of fused-ring (bicyclic) bond motifs is 1. The molecule has 2 aromatic carbocycles. The van der Waals surface area contributed by atoms with Crippen molar-refractivity contribution in [3.05, 3.63) is 35.9 Å². The quantitative estimate of drug-likeness (QED) is 0.666. The summed E-state index contributed by atoms with van der Waals surface area (Å²) in [5.41, 5.74) is 2.56. The number of ether oxygens (including phenoxy) is 5. The predicted molar refractivity (Wildman–Crippen MR) is 101 cm³/mol. The average molecular weight is 371 g/mol. The Hall–Kier alpha value is -3.35. The van der Waals surface area contributed by atoms with Gasteiger partial charge in [-0.25, -0.2) is 4.79 Å². The van der Waals surface area contributed by atoms with Gasteiger partial charge in [0, 0.05) is 28.2 Å². The zero-order chi connectivity index (χ0) is 19.6. The van der Waals surface area contributed by atoms with Crippen LogP contribution in [0.2, 0.25) is 0 Å². The fourth-order valence-electron chi connectivity index (χ4n) is 2.98. The first-order valence-corrected chi connectivity index (χ1v) is 8.15. The molecule has 1 heterocycles. The second-order valence-corrected chi connectivity index (χ2v) is 5.72. The van der Waals surface area contributed by atoms with Crippen LogP contribution in [0.15, 0.2) is 30.3 Å². The molecule has 7 nitrogen and oxygen atoms in total. The van der Waals surface area contributed by atoms with E-state index in [1.54, 1.807) is 33.5 Å². The fraction of sp³-hybridized carbons (Fsp3) is 0.250. The van der Waals surface area contributed by atoms with E-state index in [0.717, 1.165) is 16.6 Å². The lowest BCUT2D eigenvalue weighted by atomic mass is 10.0. The Morgan fingerprint density at radius 1 is 0.741 bits per heavy atom. The number of hydrogen-bond acceptors (Lipinski definition) is 6. The van der Waals surface area contributed by atoms with Gasteiger partial charge in [-0.1, -0.05) is 0 Å². The minimum absolute atomic E-state index is 0.362. The van der Waals surface area contributed by atoms with Crippen LogP contribution in [0.1, 0.15) is 10.4 Å². The van der Waals surface area contributed by atoms with E-state index >= 15 is 0 Å². The number of esters is 1. The van der Waals surface area contributed by atoms with Gasteiger partial charge in [0.25, 0.3) is 0 Å². The van der Waals surface area contributed by atoms with Gasteiger partial charge < -0.3 is 28.7 Å². The van der Waals surface area contributed by atoms with Crippen molar-refractivity contribution in [3.63, 3.8) is 0 Å². The molecule has 0 aliphatic heterocycles. The van der Waals surface area contributed by atoms with E-state index in [1.165, 1.54) is 14.2 Å². The normalized spacial score (nSPS) is 10.6. The van der Waals surface area contributed by atoms with E-state index in [1.807, 2.05) is 18.2 Å². The van der Waals surface area contributed by atoms with Crippen LogP contribution in [0.25, 0.3) is 22.2 Å². The third-order valence-corrected chi connectivity index (χ3v) is 4.34. The summed E-state index contributed by atoms with van der Waals surface area (Å²) in [7, 11) is 7.56. The second-order valence-electron chi connectivity index (χ2n) is 5.72. The molecule has 142 valence electrons. The molecule has 1 aromatic heterocycles. The molecular formula is C20H21NO6. The highest BCUT2D eigenvalue weighted by Gasteiger charge is 2.20. The monoisotopic (exact) mass is 371 g/mol. The molecule has 0 aliphatic carbocycles. The lowest BCUT2D eigenvalue weighted by molar-refractivity contribution is 0.0601. The van der Waals surface area contributed by atoms with Gasteiger partial charge in [-0.15, -0.1) is 0 Å². The number of aromatic amines is 1. The maximum absolute atomic E-state index is 12.3. The van der Waals surface area contributed by atoms with Gasteiger partial charge in [-0.05, 0) is 24.3 Å². The van der Waals surface area contributed by atoms with Crippen molar-refractivity contribution in [1.82, 2.24) is 4.98 Å². The molecule has 0 atom stereocenters. The standard InChI is InChI=1S/C20H21NO6/c1-23-16-7-11-6-15(21-14(11)10-19(16)26-4)12-8-17(24-2)18(25-3)9-13(12)20(22)27-5/h6-10,21H,1-5H3. The van der Waals surface area contributed by atoms with Crippen LogP contribution in [0.5, 0.6) is 23.0 Å². The van der Waals surface area contributed by atoms with Crippen molar-refractivity contribution in [2.45, 2.75) is 0 Å². The van der Waals surface area contributed by atoms with Gasteiger partial charge >= 0.3 is 5.97 Å². The van der Waals surface area contributed by atoms with E-state index in [4.69, 9.17) is 23.7 Å². The van der Waals surface area contributed by atoms with Crippen molar-refractivity contribution >= 4 is 16.9 Å². The lowest BCUT2D eigenvalue weighted by Crippen LogP contribution is -2.05. The van der Waals surface area contributed by atoms with Crippen molar-refractivity contribution in [1.29, 1.82) is 0 Å². The maximum Gasteiger partial charge on any atom is 0.338 e. The van der Waals surface area contributed by atoms with E-state index in [2.05, 4.69) is 4.98 Å². The molecule has 7 heteroatoms. The first-order valence-electron chi connectivity index (χ1n) is 8.15. The summed E-state index contributed by atoms with van der Waals surface area (Å²) in [6.45, 7) is 0. The smallest absolute Gasteiger partial charge is 0.338 e. The molecule has 1 N–H and O–H groups in total. The SMILES string of the molecule is COC(=O)c1cc(OC)c(OC)cc1-c1cc2cc(OC)c(OC)cc2[nH]1. The Bertz CT molecular complexity index is 951. The number of H-pyrrole nitrogens is 1. The van der Waals surface area contributed by atoms with E-state index in [9.17, 15) is 4.79 Å². The number of aromatic nitrogens is 1. The highest BCUT2D eigenvalue weighted by molar-refractivity contribution is 6.00. The topological polar surface area (TPSA) is 79.0 Å². The molecule has 0 unspecified atom stereocenters. The Morgan fingerprint density at radius 3 is 1.89 bits per heavy atom. The summed E-state index contributed by atoms with van der Waals surface area (Å²) >= 11 is 0. The zero-order valence-corrected chi connectivity index (χ0v) is 15.8. The fourth-order valence-corrected chi connectivity index (χ4v) is 2.98. The second kappa shape index (κ2) is 7.49. The summed E-state index contributed by atoms with van der Waals surface area (Å²) < 4.78 is 26.3. The number of carbonyl (C=O) groups is 1. The Balaban J connectivity index is 2.24. The lowest BCUT2D eigenvalue weighted by Gasteiger charge is -2.13. The molecule has 3 rings (SSSR count). The molecule has 0 bridgehead atoms. The van der Waals surface area contributed by atoms with E-state index in [0.29, 0.717) is 34.1 Å². The number of rotatable bonds is 6. The summed E-state index contributed by atoms with van der Waals surface area (Å²) in [4.78, 5) is 15.6. The van der Waals surface area contributed by atoms with Gasteiger partial charge in [0.1, 0.15) is 0 Å². The minimum Gasteiger partial charge on any atom is -0.493 e. The molecular weight excluding hydrogens is 350 g/mol. The number of nitrogens with one attached hydrogen (secondary N) is 1. The van der Waals surface area contributed by atoms with Gasteiger partial charge in [-0.2, -0.15) is 0 Å². The number of carbonyl (C=O) groups excluding carboxylic acids is 1. The Labute approximate surface area is 156 Å². The largest absolute Gasteiger partial charge is 0.493 e. The van der Waals surface area contributed by atoms with Crippen molar-refractivity contribution in [2.75, 3.05) is 35.5 Å². The number of methoxy groups -OCH3 is 5. The maximum atomic E-state index is 12.3. The average Bonchev–Trinajstić information content (AvgIpc) is 3.13. The number of hydrogen-bond donors (Lipinski definition) is 1. The predicted octanol–water partition coefficient (Wildman–Crippen LogP) is 3.66. The third-order valence-electron chi connectivity index (χ3n) is 4.34. The van der Waals surface area contributed by atoms with Gasteiger partial charge in [0.05, 0.1) is 41.1 Å². The molecule has 0 aliphatic rings.